The Bertz CT molecular complexity index is 1040. The lowest BCUT2D eigenvalue weighted by Crippen LogP contribution is -2.20. The van der Waals surface area contributed by atoms with Crippen molar-refractivity contribution in [3.05, 3.63) is 42.0 Å². The summed E-state index contributed by atoms with van der Waals surface area (Å²) in [5.41, 5.74) is 0.626. The van der Waals surface area contributed by atoms with Crippen molar-refractivity contribution in [3.8, 4) is 5.75 Å². The number of ether oxygens (including phenoxy) is 4. The highest BCUT2D eigenvalue weighted by Gasteiger charge is 2.19. The zero-order valence-electron chi connectivity index (χ0n) is 19.3. The number of carbonyl (C=O) groups is 4. The van der Waals surface area contributed by atoms with Crippen molar-refractivity contribution < 1.29 is 53.4 Å². The normalized spacial score (nSPS) is 11.7. The van der Waals surface area contributed by atoms with Gasteiger partial charge in [0.25, 0.3) is 0 Å². The zero-order valence-corrected chi connectivity index (χ0v) is 19.3. The topological polar surface area (TPSA) is 158 Å². The second-order valence-corrected chi connectivity index (χ2v) is 7.37. The standard InChI is InChI=1S/C23H27NO11/c1-15(23(28)33-13-21(26)31-9-3-4-10-34-24(29)30)18-6-5-17-7-8-20(12-19(17)11-18)35-22(27)14-32-16(2)25/h5-8,11-12,15,29-30H,3-4,9-10,13-14H2,1-2H3. The SMILES string of the molecule is CC(=O)OCC(=O)Oc1ccc2ccc(C(C)C(=O)OCC(=O)OCCCCON(O)O)cc2c1. The highest BCUT2D eigenvalue weighted by atomic mass is 17.1. The first-order valence-electron chi connectivity index (χ1n) is 10.7. The summed E-state index contributed by atoms with van der Waals surface area (Å²) in [5.74, 6) is -3.08. The molecular formula is C23H27NO11. The van der Waals surface area contributed by atoms with Crippen molar-refractivity contribution in [2.45, 2.75) is 32.6 Å². The summed E-state index contributed by atoms with van der Waals surface area (Å²) in [4.78, 5) is 51.1. The van der Waals surface area contributed by atoms with Gasteiger partial charge >= 0.3 is 23.9 Å². The van der Waals surface area contributed by atoms with Gasteiger partial charge in [0.05, 0.1) is 24.5 Å². The van der Waals surface area contributed by atoms with Gasteiger partial charge in [0.2, 0.25) is 0 Å². The van der Waals surface area contributed by atoms with E-state index in [1.807, 2.05) is 0 Å². The van der Waals surface area contributed by atoms with Crippen molar-refractivity contribution in [1.82, 2.24) is 5.39 Å². The Morgan fingerprint density at radius 1 is 0.857 bits per heavy atom. The van der Waals surface area contributed by atoms with Crippen LogP contribution >= 0.6 is 0 Å². The molecule has 0 bridgehead atoms. The maximum atomic E-state index is 12.4. The predicted molar refractivity (Wildman–Crippen MR) is 117 cm³/mol. The maximum Gasteiger partial charge on any atom is 0.349 e. The van der Waals surface area contributed by atoms with Crippen LogP contribution in [0.15, 0.2) is 36.4 Å². The molecule has 0 fully saturated rings. The van der Waals surface area contributed by atoms with E-state index < -0.39 is 48.4 Å². The third-order valence-corrected chi connectivity index (χ3v) is 4.66. The molecule has 0 amide bonds. The molecule has 0 aliphatic heterocycles. The fraction of sp³-hybridized carbons (Fsp3) is 0.391. The number of unbranched alkanes of at least 4 members (excludes halogenated alkanes) is 1. The molecule has 35 heavy (non-hydrogen) atoms. The van der Waals surface area contributed by atoms with Crippen molar-refractivity contribution in [3.63, 3.8) is 0 Å². The quantitative estimate of drug-likeness (QED) is 0.138. The molecule has 1 unspecified atom stereocenters. The van der Waals surface area contributed by atoms with Crippen LogP contribution in [-0.2, 0) is 38.2 Å². The summed E-state index contributed by atoms with van der Waals surface area (Å²) < 4.78 is 19.7. The van der Waals surface area contributed by atoms with Gasteiger partial charge in [-0.15, -0.1) is 0 Å². The minimum atomic E-state index is -0.727. The first kappa shape index (κ1) is 27.7. The van der Waals surface area contributed by atoms with E-state index in [2.05, 4.69) is 9.57 Å². The molecule has 0 saturated carbocycles. The van der Waals surface area contributed by atoms with Gasteiger partial charge in [0, 0.05) is 6.92 Å². The van der Waals surface area contributed by atoms with Crippen LogP contribution in [0.5, 0.6) is 5.75 Å². The summed E-state index contributed by atoms with van der Waals surface area (Å²) in [7, 11) is 0. The molecule has 12 nitrogen and oxygen atoms in total. The number of rotatable bonds is 13. The van der Waals surface area contributed by atoms with Gasteiger partial charge < -0.3 is 18.9 Å². The largest absolute Gasteiger partial charge is 0.463 e. The zero-order chi connectivity index (χ0) is 25.8. The second kappa shape index (κ2) is 14.0. The summed E-state index contributed by atoms with van der Waals surface area (Å²) in [6.07, 6.45) is 0.832. The minimum Gasteiger partial charge on any atom is -0.463 e. The summed E-state index contributed by atoms with van der Waals surface area (Å²) in [6, 6.07) is 10.2. The Balaban J connectivity index is 1.86. The monoisotopic (exact) mass is 493 g/mol. The summed E-state index contributed by atoms with van der Waals surface area (Å²) >= 11 is 0. The molecule has 2 aromatic carbocycles. The Morgan fingerprint density at radius 2 is 1.54 bits per heavy atom. The molecule has 0 heterocycles. The van der Waals surface area contributed by atoms with Gasteiger partial charge in [-0.05, 0) is 48.2 Å². The molecule has 190 valence electrons. The average molecular weight is 493 g/mol. The van der Waals surface area contributed by atoms with Gasteiger partial charge in [-0.1, -0.05) is 24.3 Å². The number of esters is 4. The third kappa shape index (κ3) is 10.1. The number of hydrogen-bond donors (Lipinski definition) is 2. The first-order chi connectivity index (χ1) is 16.7. The van der Waals surface area contributed by atoms with Gasteiger partial charge in [0.1, 0.15) is 5.75 Å². The molecule has 2 aromatic rings. The molecule has 0 aliphatic rings. The van der Waals surface area contributed by atoms with Crippen LogP contribution in [0.4, 0.5) is 0 Å². The molecule has 2 rings (SSSR count). The Hall–Kier alpha value is -3.58. The molecule has 0 radical (unpaired) electrons. The first-order valence-corrected chi connectivity index (χ1v) is 10.7. The molecule has 0 saturated heterocycles. The Labute approximate surface area is 200 Å². The van der Waals surface area contributed by atoms with Crippen LogP contribution in [0.2, 0.25) is 0 Å². The van der Waals surface area contributed by atoms with Crippen LogP contribution < -0.4 is 4.74 Å². The second-order valence-electron chi connectivity index (χ2n) is 7.37. The molecule has 12 heteroatoms. The minimum absolute atomic E-state index is 0.0288. The van der Waals surface area contributed by atoms with E-state index in [0.29, 0.717) is 23.8 Å². The lowest BCUT2D eigenvalue weighted by molar-refractivity contribution is -0.492. The molecule has 2 N–H and O–H groups in total. The number of carbonyl (C=O) groups excluding carboxylic acids is 4. The Morgan fingerprint density at radius 3 is 2.26 bits per heavy atom. The van der Waals surface area contributed by atoms with Crippen molar-refractivity contribution >= 4 is 34.6 Å². The van der Waals surface area contributed by atoms with Crippen LogP contribution in [0.25, 0.3) is 10.8 Å². The highest BCUT2D eigenvalue weighted by molar-refractivity contribution is 5.88. The third-order valence-electron chi connectivity index (χ3n) is 4.66. The van der Waals surface area contributed by atoms with E-state index >= 15 is 0 Å². The van der Waals surface area contributed by atoms with Crippen molar-refractivity contribution in [2.24, 2.45) is 0 Å². The van der Waals surface area contributed by atoms with Gasteiger partial charge in [-0.25, -0.2) is 9.59 Å². The van der Waals surface area contributed by atoms with Gasteiger partial charge in [0.15, 0.2) is 13.2 Å². The lowest BCUT2D eigenvalue weighted by atomic mass is 9.98. The van der Waals surface area contributed by atoms with E-state index in [1.54, 1.807) is 43.3 Å². The maximum absolute atomic E-state index is 12.4. The molecular weight excluding hydrogens is 466 g/mol. The smallest absolute Gasteiger partial charge is 0.349 e. The fourth-order valence-electron chi connectivity index (χ4n) is 2.87. The lowest BCUT2D eigenvalue weighted by Gasteiger charge is -2.13. The van der Waals surface area contributed by atoms with Gasteiger partial charge in [-0.2, -0.15) is 0 Å². The number of nitrogens with zero attached hydrogens (tertiary/aromatic N) is 1. The Kier molecular flexibility index (Phi) is 11.0. The van der Waals surface area contributed by atoms with Crippen LogP contribution in [0, 0.1) is 0 Å². The van der Waals surface area contributed by atoms with Crippen LogP contribution in [0.1, 0.15) is 38.2 Å². The van der Waals surface area contributed by atoms with E-state index in [0.717, 1.165) is 5.39 Å². The summed E-state index contributed by atoms with van der Waals surface area (Å²) in [6.45, 7) is 1.86. The highest BCUT2D eigenvalue weighted by Crippen LogP contribution is 2.26. The molecule has 1 atom stereocenters. The molecule has 0 spiro atoms. The number of fused-ring (bicyclic) bond motifs is 1. The van der Waals surface area contributed by atoms with E-state index in [4.69, 9.17) is 24.6 Å². The molecule has 0 aromatic heterocycles. The fourth-order valence-corrected chi connectivity index (χ4v) is 2.87. The van der Waals surface area contributed by atoms with E-state index in [-0.39, 0.29) is 19.0 Å². The number of hydrogen-bond acceptors (Lipinski definition) is 12. The summed E-state index contributed by atoms with van der Waals surface area (Å²) in [5, 5.41) is 17.9. The van der Waals surface area contributed by atoms with E-state index in [9.17, 15) is 19.2 Å². The number of benzene rings is 2. The van der Waals surface area contributed by atoms with Crippen LogP contribution in [0.3, 0.4) is 0 Å². The van der Waals surface area contributed by atoms with Gasteiger partial charge in [-0.3, -0.25) is 24.8 Å². The van der Waals surface area contributed by atoms with Crippen molar-refractivity contribution in [1.29, 1.82) is 0 Å². The molecule has 0 aliphatic carbocycles. The van der Waals surface area contributed by atoms with E-state index in [1.165, 1.54) is 6.92 Å². The average Bonchev–Trinajstić information content (AvgIpc) is 2.82. The predicted octanol–water partition coefficient (Wildman–Crippen LogP) is 2.29. The van der Waals surface area contributed by atoms with Crippen LogP contribution in [-0.4, -0.2) is 66.1 Å². The van der Waals surface area contributed by atoms with Crippen molar-refractivity contribution in [2.75, 3.05) is 26.4 Å².